The number of nitrogens with zero attached hydrogens (tertiary/aromatic N) is 2. The minimum Gasteiger partial charge on any atom is -0.338 e. The number of anilines is 1. The van der Waals surface area contributed by atoms with E-state index in [4.69, 9.17) is 5.73 Å². The van der Waals surface area contributed by atoms with E-state index >= 15 is 0 Å². The second kappa shape index (κ2) is 7.99. The van der Waals surface area contributed by atoms with E-state index in [2.05, 4.69) is 0 Å². The summed E-state index contributed by atoms with van der Waals surface area (Å²) in [6.07, 6.45) is 3.57. The second-order valence-corrected chi connectivity index (χ2v) is 6.71. The van der Waals surface area contributed by atoms with Gasteiger partial charge < -0.3 is 15.5 Å². The van der Waals surface area contributed by atoms with Gasteiger partial charge in [-0.15, -0.1) is 12.4 Å². The second-order valence-electron chi connectivity index (χ2n) is 6.71. The zero-order chi connectivity index (χ0) is 16.4. The molecule has 2 fully saturated rings. The van der Waals surface area contributed by atoms with Crippen LogP contribution >= 0.6 is 12.4 Å². The van der Waals surface area contributed by atoms with Gasteiger partial charge in [0.2, 0.25) is 5.91 Å². The molecule has 0 radical (unpaired) electrons. The molecule has 2 unspecified atom stereocenters. The van der Waals surface area contributed by atoms with Gasteiger partial charge in [-0.05, 0) is 50.3 Å². The highest BCUT2D eigenvalue weighted by atomic mass is 35.5. The van der Waals surface area contributed by atoms with Crippen molar-refractivity contribution in [2.45, 2.75) is 38.6 Å². The Hall–Kier alpha value is -1.59. The monoisotopic (exact) mass is 351 g/mol. The van der Waals surface area contributed by atoms with Crippen LogP contribution in [0.5, 0.6) is 0 Å². The standard InChI is InChI=1S/C18H25N3O2.ClH/c1-13(19)15-6-3-9-20(12-15)18(23)14-5-2-7-16(11-14)21-10-4-8-17(21)22;/h2,5,7,11,13,15H,3-4,6,8-10,12,19H2,1H3;1H. The molecular weight excluding hydrogens is 326 g/mol. The molecule has 2 saturated heterocycles. The first-order valence-electron chi connectivity index (χ1n) is 8.51. The highest BCUT2D eigenvalue weighted by molar-refractivity contribution is 5.99. The maximum atomic E-state index is 12.8. The van der Waals surface area contributed by atoms with Crippen molar-refractivity contribution in [3.63, 3.8) is 0 Å². The van der Waals surface area contributed by atoms with Crippen LogP contribution in [0.2, 0.25) is 0 Å². The number of hydrogen-bond donors (Lipinski definition) is 1. The molecular formula is C18H26ClN3O2. The third kappa shape index (κ3) is 3.90. The number of halogens is 1. The van der Waals surface area contributed by atoms with Crippen molar-refractivity contribution in [3.8, 4) is 0 Å². The van der Waals surface area contributed by atoms with Crippen LogP contribution < -0.4 is 10.6 Å². The van der Waals surface area contributed by atoms with Gasteiger partial charge >= 0.3 is 0 Å². The Balaban J connectivity index is 0.00000208. The smallest absolute Gasteiger partial charge is 0.253 e. The molecule has 0 aromatic heterocycles. The maximum Gasteiger partial charge on any atom is 0.253 e. The molecule has 2 atom stereocenters. The Morgan fingerprint density at radius 1 is 1.29 bits per heavy atom. The highest BCUT2D eigenvalue weighted by Gasteiger charge is 2.27. The summed E-state index contributed by atoms with van der Waals surface area (Å²) in [7, 11) is 0. The largest absolute Gasteiger partial charge is 0.338 e. The van der Waals surface area contributed by atoms with E-state index in [0.29, 0.717) is 17.9 Å². The summed E-state index contributed by atoms with van der Waals surface area (Å²) in [4.78, 5) is 28.4. The van der Waals surface area contributed by atoms with Gasteiger partial charge in [0.15, 0.2) is 0 Å². The SMILES string of the molecule is CC(N)C1CCCN(C(=O)c2cccc(N3CCCC3=O)c2)C1.Cl. The van der Waals surface area contributed by atoms with Gasteiger partial charge in [-0.1, -0.05) is 6.07 Å². The molecule has 2 heterocycles. The van der Waals surface area contributed by atoms with Crippen molar-refractivity contribution in [2.75, 3.05) is 24.5 Å². The van der Waals surface area contributed by atoms with Gasteiger partial charge in [-0.25, -0.2) is 0 Å². The van der Waals surface area contributed by atoms with Crippen LogP contribution in [0.1, 0.15) is 43.0 Å². The number of piperidine rings is 1. The lowest BCUT2D eigenvalue weighted by Crippen LogP contribution is -2.45. The van der Waals surface area contributed by atoms with Gasteiger partial charge in [-0.2, -0.15) is 0 Å². The minimum atomic E-state index is 0. The third-order valence-electron chi connectivity index (χ3n) is 4.97. The average Bonchev–Trinajstić information content (AvgIpc) is 3.00. The average molecular weight is 352 g/mol. The van der Waals surface area contributed by atoms with Crippen molar-refractivity contribution >= 4 is 29.9 Å². The molecule has 5 nitrogen and oxygen atoms in total. The van der Waals surface area contributed by atoms with Crippen LogP contribution in [0.4, 0.5) is 5.69 Å². The van der Waals surface area contributed by atoms with E-state index < -0.39 is 0 Å². The van der Waals surface area contributed by atoms with Crippen molar-refractivity contribution in [1.29, 1.82) is 0 Å². The van der Waals surface area contributed by atoms with Crippen LogP contribution in [0.3, 0.4) is 0 Å². The molecule has 24 heavy (non-hydrogen) atoms. The van der Waals surface area contributed by atoms with Gasteiger partial charge in [0.05, 0.1) is 0 Å². The number of likely N-dealkylation sites (tertiary alicyclic amines) is 1. The van der Waals surface area contributed by atoms with Crippen molar-refractivity contribution in [2.24, 2.45) is 11.7 Å². The maximum absolute atomic E-state index is 12.8. The number of amides is 2. The molecule has 2 aliphatic heterocycles. The number of carbonyl (C=O) groups is 2. The molecule has 2 amide bonds. The highest BCUT2D eigenvalue weighted by Crippen LogP contribution is 2.25. The van der Waals surface area contributed by atoms with E-state index in [1.165, 1.54) is 0 Å². The molecule has 0 aliphatic carbocycles. The molecule has 6 heteroatoms. The summed E-state index contributed by atoms with van der Waals surface area (Å²) in [5.74, 6) is 0.560. The van der Waals surface area contributed by atoms with Crippen LogP contribution in [0, 0.1) is 5.92 Å². The van der Waals surface area contributed by atoms with Crippen LogP contribution in [0.15, 0.2) is 24.3 Å². The predicted octanol–water partition coefficient (Wildman–Crippen LogP) is 2.43. The third-order valence-corrected chi connectivity index (χ3v) is 4.97. The fraction of sp³-hybridized carbons (Fsp3) is 0.556. The molecule has 1 aromatic rings. The zero-order valence-electron chi connectivity index (χ0n) is 14.1. The van der Waals surface area contributed by atoms with E-state index in [1.807, 2.05) is 36.1 Å². The summed E-state index contributed by atoms with van der Waals surface area (Å²) in [6, 6.07) is 7.56. The van der Waals surface area contributed by atoms with Crippen molar-refractivity contribution in [1.82, 2.24) is 4.90 Å². The molecule has 3 rings (SSSR count). The lowest BCUT2D eigenvalue weighted by Gasteiger charge is -2.34. The summed E-state index contributed by atoms with van der Waals surface area (Å²) < 4.78 is 0. The van der Waals surface area contributed by atoms with E-state index in [0.717, 1.165) is 44.6 Å². The lowest BCUT2D eigenvalue weighted by molar-refractivity contribution is -0.117. The summed E-state index contributed by atoms with van der Waals surface area (Å²) in [6.45, 7) is 4.27. The van der Waals surface area contributed by atoms with Crippen molar-refractivity contribution in [3.05, 3.63) is 29.8 Å². The number of nitrogens with two attached hydrogens (primary N) is 1. The quantitative estimate of drug-likeness (QED) is 0.909. The topological polar surface area (TPSA) is 66.6 Å². The van der Waals surface area contributed by atoms with E-state index in [9.17, 15) is 9.59 Å². The van der Waals surface area contributed by atoms with Crippen molar-refractivity contribution < 1.29 is 9.59 Å². The molecule has 0 bridgehead atoms. The lowest BCUT2D eigenvalue weighted by atomic mass is 9.92. The first kappa shape index (κ1) is 18.7. The van der Waals surface area contributed by atoms with E-state index in [1.54, 1.807) is 4.90 Å². The normalized spacial score (nSPS) is 22.2. The fourth-order valence-corrected chi connectivity index (χ4v) is 3.53. The van der Waals surface area contributed by atoms with Crippen LogP contribution in [0.25, 0.3) is 0 Å². The van der Waals surface area contributed by atoms with Crippen LogP contribution in [-0.4, -0.2) is 42.4 Å². The molecule has 0 saturated carbocycles. The summed E-state index contributed by atoms with van der Waals surface area (Å²) >= 11 is 0. The van der Waals surface area contributed by atoms with Gasteiger partial charge in [-0.3, -0.25) is 9.59 Å². The summed E-state index contributed by atoms with van der Waals surface area (Å²) in [5, 5.41) is 0. The molecule has 0 spiro atoms. The Morgan fingerprint density at radius 3 is 2.75 bits per heavy atom. The molecule has 1 aromatic carbocycles. The predicted molar refractivity (Wildman–Crippen MR) is 97.6 cm³/mol. The van der Waals surface area contributed by atoms with Crippen LogP contribution in [-0.2, 0) is 4.79 Å². The summed E-state index contributed by atoms with van der Waals surface area (Å²) in [5.41, 5.74) is 7.50. The molecule has 2 aliphatic rings. The first-order chi connectivity index (χ1) is 11.1. The first-order valence-corrected chi connectivity index (χ1v) is 8.51. The number of carbonyl (C=O) groups excluding carboxylic acids is 2. The fourth-order valence-electron chi connectivity index (χ4n) is 3.53. The van der Waals surface area contributed by atoms with Gasteiger partial charge in [0.1, 0.15) is 0 Å². The zero-order valence-corrected chi connectivity index (χ0v) is 14.9. The Bertz CT molecular complexity index is 606. The molecule has 132 valence electrons. The van der Waals surface area contributed by atoms with E-state index in [-0.39, 0.29) is 30.3 Å². The van der Waals surface area contributed by atoms with Gasteiger partial charge in [0, 0.05) is 43.3 Å². The Kier molecular flexibility index (Phi) is 6.24. The Labute approximate surface area is 149 Å². The number of rotatable bonds is 3. The molecule has 2 N–H and O–H groups in total. The van der Waals surface area contributed by atoms with Gasteiger partial charge in [0.25, 0.3) is 5.91 Å². The minimum absolute atomic E-state index is 0. The Morgan fingerprint density at radius 2 is 2.08 bits per heavy atom. The number of benzene rings is 1. The number of hydrogen-bond acceptors (Lipinski definition) is 3.